The fourth-order valence-electron chi connectivity index (χ4n) is 2.87. The first-order valence-corrected chi connectivity index (χ1v) is 9.76. The van der Waals surface area contributed by atoms with Gasteiger partial charge in [0.1, 0.15) is 0 Å². The molecule has 1 unspecified atom stereocenters. The Hall–Kier alpha value is -1.23. The summed E-state index contributed by atoms with van der Waals surface area (Å²) >= 11 is 2.09. The highest BCUT2D eigenvalue weighted by molar-refractivity contribution is 7.99. The van der Waals surface area contributed by atoms with E-state index in [1.165, 1.54) is 32.1 Å². The van der Waals surface area contributed by atoms with Crippen LogP contribution in [0.2, 0.25) is 0 Å². The lowest BCUT2D eigenvalue weighted by Crippen LogP contribution is -2.39. The van der Waals surface area contributed by atoms with Crippen LogP contribution in [0.1, 0.15) is 57.2 Å². The van der Waals surface area contributed by atoms with Gasteiger partial charge in [0.15, 0.2) is 0 Å². The molecule has 1 heterocycles. The summed E-state index contributed by atoms with van der Waals surface area (Å²) in [4.78, 5) is 18.2. The summed E-state index contributed by atoms with van der Waals surface area (Å²) < 4.78 is 0. The summed E-state index contributed by atoms with van der Waals surface area (Å²) in [7, 11) is 1.82. The first-order chi connectivity index (χ1) is 11.2. The summed E-state index contributed by atoms with van der Waals surface area (Å²) in [5, 5.41) is 3.87. The molecule has 23 heavy (non-hydrogen) atoms. The van der Waals surface area contributed by atoms with Crippen LogP contribution in [0.3, 0.4) is 0 Å². The van der Waals surface area contributed by atoms with E-state index in [2.05, 4.69) is 22.1 Å². The van der Waals surface area contributed by atoms with Gasteiger partial charge in [-0.05, 0) is 44.1 Å². The number of rotatable bonds is 7. The van der Waals surface area contributed by atoms with Crippen LogP contribution in [0, 0.1) is 0 Å². The number of carbonyl (C=O) groups is 1. The number of amides is 2. The molecule has 1 fully saturated rings. The number of nitrogens with one attached hydrogen (secondary N) is 1. The van der Waals surface area contributed by atoms with E-state index in [0.717, 1.165) is 29.7 Å². The standard InChI is InChI=1S/C18H29N3OS/c1-15(17-11-6-7-12-19-17)21(2)18(22)20-13-8-14-23-16-9-4-3-5-10-16/h6-7,11-12,15-16H,3-5,8-10,13-14H2,1-2H3,(H,20,22). The molecule has 0 aliphatic heterocycles. The van der Waals surface area contributed by atoms with Crippen molar-refractivity contribution in [3.8, 4) is 0 Å². The summed E-state index contributed by atoms with van der Waals surface area (Å²) in [6, 6.07) is 5.75. The van der Waals surface area contributed by atoms with Crippen LogP contribution >= 0.6 is 11.8 Å². The van der Waals surface area contributed by atoms with Gasteiger partial charge in [0.05, 0.1) is 11.7 Å². The molecule has 1 aliphatic rings. The molecular weight excluding hydrogens is 306 g/mol. The monoisotopic (exact) mass is 335 g/mol. The number of hydrogen-bond donors (Lipinski definition) is 1. The third-order valence-electron chi connectivity index (χ3n) is 4.52. The van der Waals surface area contributed by atoms with Crippen LogP contribution in [0.25, 0.3) is 0 Å². The van der Waals surface area contributed by atoms with Gasteiger partial charge in [0.25, 0.3) is 0 Å². The van der Waals surface area contributed by atoms with Crippen molar-refractivity contribution in [2.75, 3.05) is 19.3 Å². The Morgan fingerprint density at radius 2 is 2.17 bits per heavy atom. The Morgan fingerprint density at radius 1 is 1.39 bits per heavy atom. The molecular formula is C18H29N3OS. The van der Waals surface area contributed by atoms with Crippen molar-refractivity contribution in [3.63, 3.8) is 0 Å². The lowest BCUT2D eigenvalue weighted by molar-refractivity contribution is 0.193. The molecule has 1 aliphatic carbocycles. The van der Waals surface area contributed by atoms with Crippen molar-refractivity contribution in [2.45, 2.75) is 56.7 Å². The van der Waals surface area contributed by atoms with Crippen molar-refractivity contribution in [1.82, 2.24) is 15.2 Å². The van der Waals surface area contributed by atoms with Gasteiger partial charge in [-0.1, -0.05) is 25.3 Å². The van der Waals surface area contributed by atoms with E-state index in [1.54, 1.807) is 11.1 Å². The number of hydrogen-bond acceptors (Lipinski definition) is 3. The normalized spacial score (nSPS) is 16.8. The third-order valence-corrected chi connectivity index (χ3v) is 5.99. The van der Waals surface area contributed by atoms with Gasteiger partial charge >= 0.3 is 6.03 Å². The molecule has 1 N–H and O–H groups in total. The quantitative estimate of drug-likeness (QED) is 0.758. The molecule has 0 radical (unpaired) electrons. The molecule has 1 saturated carbocycles. The van der Waals surface area contributed by atoms with Crippen molar-refractivity contribution >= 4 is 17.8 Å². The predicted octanol–water partition coefficient (Wildman–Crippen LogP) is 4.24. The zero-order valence-electron chi connectivity index (χ0n) is 14.3. The van der Waals surface area contributed by atoms with E-state index in [1.807, 2.05) is 32.2 Å². The molecule has 1 atom stereocenters. The summed E-state index contributed by atoms with van der Waals surface area (Å²) in [6.07, 6.45) is 9.75. The highest BCUT2D eigenvalue weighted by Gasteiger charge is 2.18. The van der Waals surface area contributed by atoms with Crippen LogP contribution < -0.4 is 5.32 Å². The van der Waals surface area contributed by atoms with Crippen molar-refractivity contribution < 1.29 is 4.79 Å². The van der Waals surface area contributed by atoms with E-state index in [0.29, 0.717) is 0 Å². The predicted molar refractivity (Wildman–Crippen MR) is 97.8 cm³/mol. The number of pyridine rings is 1. The number of carbonyl (C=O) groups excluding carboxylic acids is 1. The fraction of sp³-hybridized carbons (Fsp3) is 0.667. The smallest absolute Gasteiger partial charge is 0.317 e. The molecule has 0 spiro atoms. The Labute approximate surface area is 144 Å². The number of thioether (sulfide) groups is 1. The molecule has 1 aromatic rings. The van der Waals surface area contributed by atoms with Gasteiger partial charge in [-0.25, -0.2) is 4.79 Å². The topological polar surface area (TPSA) is 45.2 Å². The maximum atomic E-state index is 12.2. The van der Waals surface area contributed by atoms with Gasteiger partial charge in [0, 0.05) is 25.0 Å². The second kappa shape index (κ2) is 9.81. The number of nitrogens with zero attached hydrogens (tertiary/aromatic N) is 2. The first-order valence-electron chi connectivity index (χ1n) is 8.71. The van der Waals surface area contributed by atoms with E-state index in [-0.39, 0.29) is 12.1 Å². The maximum absolute atomic E-state index is 12.2. The Balaban J connectivity index is 1.62. The summed E-state index contributed by atoms with van der Waals surface area (Å²) in [5.74, 6) is 1.14. The van der Waals surface area contributed by atoms with Crippen LogP contribution in [-0.2, 0) is 0 Å². The number of aromatic nitrogens is 1. The van der Waals surface area contributed by atoms with Gasteiger partial charge in [0.2, 0.25) is 0 Å². The average Bonchev–Trinajstić information content (AvgIpc) is 2.61. The zero-order chi connectivity index (χ0) is 16.5. The Morgan fingerprint density at radius 3 is 2.87 bits per heavy atom. The molecule has 0 bridgehead atoms. The van der Waals surface area contributed by atoms with Gasteiger partial charge in [-0.2, -0.15) is 11.8 Å². The largest absolute Gasteiger partial charge is 0.338 e. The highest BCUT2D eigenvalue weighted by atomic mass is 32.2. The van der Waals surface area contributed by atoms with Crippen LogP contribution in [0.4, 0.5) is 4.79 Å². The minimum atomic E-state index is -0.0224. The lowest BCUT2D eigenvalue weighted by atomic mass is 10.0. The Kier molecular flexibility index (Phi) is 7.72. The fourth-order valence-corrected chi connectivity index (χ4v) is 4.18. The minimum Gasteiger partial charge on any atom is -0.338 e. The van der Waals surface area contributed by atoms with E-state index >= 15 is 0 Å². The molecule has 4 nitrogen and oxygen atoms in total. The van der Waals surface area contributed by atoms with Crippen LogP contribution in [0.5, 0.6) is 0 Å². The van der Waals surface area contributed by atoms with Gasteiger partial charge in [-0.3, -0.25) is 4.98 Å². The molecule has 0 saturated heterocycles. The van der Waals surface area contributed by atoms with Crippen LogP contribution in [0.15, 0.2) is 24.4 Å². The zero-order valence-corrected chi connectivity index (χ0v) is 15.1. The van der Waals surface area contributed by atoms with Crippen LogP contribution in [-0.4, -0.2) is 40.5 Å². The lowest BCUT2D eigenvalue weighted by Gasteiger charge is -2.25. The van der Waals surface area contributed by atoms with Gasteiger partial charge in [-0.15, -0.1) is 0 Å². The first kappa shape index (κ1) is 18.1. The van der Waals surface area contributed by atoms with Crippen molar-refractivity contribution in [3.05, 3.63) is 30.1 Å². The summed E-state index contributed by atoms with van der Waals surface area (Å²) in [6.45, 7) is 2.75. The van der Waals surface area contributed by atoms with E-state index in [4.69, 9.17) is 0 Å². The molecule has 2 amide bonds. The SMILES string of the molecule is CC(c1ccccn1)N(C)C(=O)NCCCSC1CCCCC1. The maximum Gasteiger partial charge on any atom is 0.317 e. The second-order valence-corrected chi connectivity index (χ2v) is 7.67. The van der Waals surface area contributed by atoms with Crippen molar-refractivity contribution in [1.29, 1.82) is 0 Å². The third kappa shape index (κ3) is 6.05. The molecule has 1 aromatic heterocycles. The van der Waals surface area contributed by atoms with E-state index < -0.39 is 0 Å². The second-order valence-electron chi connectivity index (χ2n) is 6.26. The van der Waals surface area contributed by atoms with Crippen molar-refractivity contribution in [2.24, 2.45) is 0 Å². The molecule has 5 heteroatoms. The van der Waals surface area contributed by atoms with Gasteiger partial charge < -0.3 is 10.2 Å². The van der Waals surface area contributed by atoms with E-state index in [9.17, 15) is 4.79 Å². The Bertz CT molecular complexity index is 463. The highest BCUT2D eigenvalue weighted by Crippen LogP contribution is 2.28. The molecule has 2 rings (SSSR count). The molecule has 128 valence electrons. The number of urea groups is 1. The molecule has 0 aromatic carbocycles. The minimum absolute atomic E-state index is 0.0205. The summed E-state index contributed by atoms with van der Waals surface area (Å²) in [5.41, 5.74) is 0.915. The average molecular weight is 336 g/mol.